The van der Waals surface area contributed by atoms with E-state index in [-0.39, 0.29) is 5.54 Å². The lowest BCUT2D eigenvalue weighted by Crippen LogP contribution is -2.46. The van der Waals surface area contributed by atoms with Crippen molar-refractivity contribution in [2.75, 3.05) is 6.61 Å². The summed E-state index contributed by atoms with van der Waals surface area (Å²) in [7, 11) is 0. The van der Waals surface area contributed by atoms with Crippen molar-refractivity contribution in [3.8, 4) is 5.75 Å². The lowest BCUT2D eigenvalue weighted by Gasteiger charge is -2.42. The molecule has 0 aliphatic heterocycles. The van der Waals surface area contributed by atoms with Gasteiger partial charge in [0.2, 0.25) is 0 Å². The molecular formula is C16H25NO. The second-order valence-corrected chi connectivity index (χ2v) is 5.32. The average molecular weight is 247 g/mol. The summed E-state index contributed by atoms with van der Waals surface area (Å²) >= 11 is 0. The van der Waals surface area contributed by atoms with Gasteiger partial charge in [-0.2, -0.15) is 0 Å². The number of rotatable bonds is 4. The van der Waals surface area contributed by atoms with E-state index in [4.69, 9.17) is 10.5 Å². The molecule has 2 unspecified atom stereocenters. The lowest BCUT2D eigenvalue weighted by atomic mass is 9.68. The van der Waals surface area contributed by atoms with E-state index in [0.717, 1.165) is 18.6 Å². The summed E-state index contributed by atoms with van der Waals surface area (Å²) in [4.78, 5) is 0. The van der Waals surface area contributed by atoms with Gasteiger partial charge < -0.3 is 10.5 Å². The average Bonchev–Trinajstić information content (AvgIpc) is 2.40. The molecule has 1 aliphatic carbocycles. The molecule has 1 aromatic carbocycles. The molecule has 2 nitrogen and oxygen atoms in total. The quantitative estimate of drug-likeness (QED) is 0.877. The summed E-state index contributed by atoms with van der Waals surface area (Å²) in [6.07, 6.45) is 6.02. The Hall–Kier alpha value is -1.02. The highest BCUT2D eigenvalue weighted by Gasteiger charge is 2.39. The molecule has 2 atom stereocenters. The molecule has 2 N–H and O–H groups in total. The lowest BCUT2D eigenvalue weighted by molar-refractivity contribution is 0.177. The molecule has 0 amide bonds. The number of ether oxygens (including phenoxy) is 1. The Bertz CT molecular complexity index is 390. The SMILES string of the molecule is CCOc1ccccc1C1(N)CCCCC1CC. The van der Waals surface area contributed by atoms with Gasteiger partial charge in [-0.25, -0.2) is 0 Å². The van der Waals surface area contributed by atoms with Gasteiger partial charge >= 0.3 is 0 Å². The van der Waals surface area contributed by atoms with Crippen molar-refractivity contribution in [1.82, 2.24) is 0 Å². The first-order valence-corrected chi connectivity index (χ1v) is 7.23. The van der Waals surface area contributed by atoms with Crippen molar-refractivity contribution in [1.29, 1.82) is 0 Å². The standard InChI is InChI=1S/C16H25NO/c1-3-13-9-7-8-12-16(13,17)14-10-5-6-11-15(14)18-4-2/h5-6,10-11,13H,3-4,7-9,12,17H2,1-2H3. The van der Waals surface area contributed by atoms with E-state index >= 15 is 0 Å². The molecule has 0 heterocycles. The van der Waals surface area contributed by atoms with Gasteiger partial charge in [0.25, 0.3) is 0 Å². The largest absolute Gasteiger partial charge is 0.494 e. The van der Waals surface area contributed by atoms with Gasteiger partial charge in [-0.1, -0.05) is 44.4 Å². The van der Waals surface area contributed by atoms with Crippen LogP contribution in [-0.2, 0) is 5.54 Å². The van der Waals surface area contributed by atoms with Crippen LogP contribution in [0, 0.1) is 5.92 Å². The molecule has 1 aromatic rings. The van der Waals surface area contributed by atoms with Gasteiger partial charge in [-0.3, -0.25) is 0 Å². The van der Waals surface area contributed by atoms with E-state index in [1.165, 1.54) is 24.8 Å². The Labute approximate surface area is 111 Å². The first-order chi connectivity index (χ1) is 8.72. The molecule has 0 radical (unpaired) electrons. The second kappa shape index (κ2) is 5.75. The number of benzene rings is 1. The van der Waals surface area contributed by atoms with Gasteiger partial charge in [0.1, 0.15) is 5.75 Å². The summed E-state index contributed by atoms with van der Waals surface area (Å²) in [5, 5.41) is 0. The van der Waals surface area contributed by atoms with Crippen LogP contribution in [0.25, 0.3) is 0 Å². The van der Waals surface area contributed by atoms with Crippen molar-refractivity contribution in [2.45, 2.75) is 51.5 Å². The summed E-state index contributed by atoms with van der Waals surface area (Å²) in [6.45, 7) is 4.98. The van der Waals surface area contributed by atoms with Gasteiger partial charge in [0, 0.05) is 11.1 Å². The Kier molecular flexibility index (Phi) is 4.28. The second-order valence-electron chi connectivity index (χ2n) is 5.32. The zero-order valence-corrected chi connectivity index (χ0v) is 11.6. The summed E-state index contributed by atoms with van der Waals surface area (Å²) in [6, 6.07) is 8.31. The van der Waals surface area contributed by atoms with Gasteiger partial charge in [-0.05, 0) is 31.7 Å². The molecule has 1 aliphatic rings. The Morgan fingerprint density at radius 1 is 1.28 bits per heavy atom. The zero-order valence-electron chi connectivity index (χ0n) is 11.6. The molecule has 2 rings (SSSR count). The zero-order chi connectivity index (χ0) is 13.0. The number of para-hydroxylation sites is 1. The van der Waals surface area contributed by atoms with Gasteiger partial charge in [0.15, 0.2) is 0 Å². The molecule has 1 fully saturated rings. The molecule has 18 heavy (non-hydrogen) atoms. The third-order valence-corrected chi connectivity index (χ3v) is 4.30. The third kappa shape index (κ3) is 2.39. The molecular weight excluding hydrogens is 222 g/mol. The highest BCUT2D eigenvalue weighted by molar-refractivity contribution is 5.40. The first-order valence-electron chi connectivity index (χ1n) is 7.23. The Balaban J connectivity index is 2.38. The van der Waals surface area contributed by atoms with Crippen molar-refractivity contribution in [3.63, 3.8) is 0 Å². The molecule has 100 valence electrons. The van der Waals surface area contributed by atoms with Crippen LogP contribution in [0.4, 0.5) is 0 Å². The summed E-state index contributed by atoms with van der Waals surface area (Å²) in [5.74, 6) is 1.55. The van der Waals surface area contributed by atoms with Crippen LogP contribution in [0.2, 0.25) is 0 Å². The summed E-state index contributed by atoms with van der Waals surface area (Å²) in [5.41, 5.74) is 7.80. The van der Waals surface area contributed by atoms with E-state index in [1.807, 2.05) is 13.0 Å². The maximum Gasteiger partial charge on any atom is 0.124 e. The minimum atomic E-state index is -0.196. The first kappa shape index (κ1) is 13.4. The molecule has 0 bridgehead atoms. The Morgan fingerprint density at radius 3 is 2.78 bits per heavy atom. The minimum absolute atomic E-state index is 0.196. The van der Waals surface area contributed by atoms with Crippen molar-refractivity contribution in [2.24, 2.45) is 11.7 Å². The predicted molar refractivity (Wildman–Crippen MR) is 75.7 cm³/mol. The fraction of sp³-hybridized carbons (Fsp3) is 0.625. The number of hydrogen-bond donors (Lipinski definition) is 1. The maximum absolute atomic E-state index is 6.79. The van der Waals surface area contributed by atoms with E-state index in [0.29, 0.717) is 12.5 Å². The molecule has 2 heteroatoms. The Morgan fingerprint density at radius 2 is 2.06 bits per heavy atom. The van der Waals surface area contributed by atoms with Crippen LogP contribution in [0.1, 0.15) is 51.5 Å². The third-order valence-electron chi connectivity index (χ3n) is 4.30. The maximum atomic E-state index is 6.79. The van der Waals surface area contributed by atoms with Gasteiger partial charge in [0.05, 0.1) is 6.61 Å². The predicted octanol–water partition coefficient (Wildman–Crippen LogP) is 3.84. The minimum Gasteiger partial charge on any atom is -0.494 e. The van der Waals surface area contributed by atoms with E-state index in [1.54, 1.807) is 0 Å². The van der Waals surface area contributed by atoms with Crippen molar-refractivity contribution >= 4 is 0 Å². The molecule has 0 spiro atoms. The normalized spacial score (nSPS) is 28.1. The van der Waals surface area contributed by atoms with Crippen molar-refractivity contribution in [3.05, 3.63) is 29.8 Å². The number of nitrogens with two attached hydrogens (primary N) is 1. The van der Waals surface area contributed by atoms with Gasteiger partial charge in [-0.15, -0.1) is 0 Å². The van der Waals surface area contributed by atoms with Crippen LogP contribution >= 0.6 is 0 Å². The van der Waals surface area contributed by atoms with E-state index < -0.39 is 0 Å². The van der Waals surface area contributed by atoms with E-state index in [2.05, 4.69) is 25.1 Å². The fourth-order valence-electron chi connectivity index (χ4n) is 3.33. The molecule has 0 saturated heterocycles. The smallest absolute Gasteiger partial charge is 0.124 e. The van der Waals surface area contributed by atoms with Crippen LogP contribution in [0.15, 0.2) is 24.3 Å². The highest BCUT2D eigenvalue weighted by Crippen LogP contribution is 2.44. The van der Waals surface area contributed by atoms with Crippen LogP contribution < -0.4 is 10.5 Å². The molecule has 1 saturated carbocycles. The highest BCUT2D eigenvalue weighted by atomic mass is 16.5. The van der Waals surface area contributed by atoms with Crippen LogP contribution in [0.3, 0.4) is 0 Å². The van der Waals surface area contributed by atoms with E-state index in [9.17, 15) is 0 Å². The van der Waals surface area contributed by atoms with Crippen LogP contribution in [-0.4, -0.2) is 6.61 Å². The topological polar surface area (TPSA) is 35.2 Å². The monoisotopic (exact) mass is 247 g/mol. The van der Waals surface area contributed by atoms with Crippen molar-refractivity contribution < 1.29 is 4.74 Å². The molecule has 0 aromatic heterocycles. The fourth-order valence-corrected chi connectivity index (χ4v) is 3.33. The summed E-state index contributed by atoms with van der Waals surface area (Å²) < 4.78 is 5.77. The van der Waals surface area contributed by atoms with Crippen LogP contribution in [0.5, 0.6) is 5.75 Å². The number of hydrogen-bond acceptors (Lipinski definition) is 2.